The Labute approximate surface area is 339 Å². The van der Waals surface area contributed by atoms with Crippen LogP contribution in [-0.2, 0) is 12.4 Å². The summed E-state index contributed by atoms with van der Waals surface area (Å²) in [4.78, 5) is 0. The maximum Gasteiger partial charge on any atom is 0.417 e. The molecule has 8 aromatic carbocycles. The van der Waals surface area contributed by atoms with Crippen LogP contribution in [0.5, 0.6) is 0 Å². The van der Waals surface area contributed by atoms with E-state index in [1.54, 1.807) is 0 Å². The number of aromatic nitrogens is 2. The van der Waals surface area contributed by atoms with Gasteiger partial charge in [-0.05, 0) is 94.0 Å². The van der Waals surface area contributed by atoms with Gasteiger partial charge in [-0.1, -0.05) is 115 Å². The Kier molecular flexibility index (Phi) is 8.44. The van der Waals surface area contributed by atoms with Crippen LogP contribution in [0.15, 0.2) is 176 Å². The second-order valence-electron chi connectivity index (χ2n) is 14.7. The number of nitrogens with zero attached hydrogens (tertiary/aromatic N) is 3. The van der Waals surface area contributed by atoms with Gasteiger partial charge in [0.05, 0.1) is 44.6 Å². The average Bonchev–Trinajstić information content (AvgIpc) is 3.78. The lowest BCUT2D eigenvalue weighted by Gasteiger charge is -2.21. The van der Waals surface area contributed by atoms with E-state index in [9.17, 15) is 31.6 Å². The van der Waals surface area contributed by atoms with E-state index in [0.717, 1.165) is 49.9 Å². The van der Waals surface area contributed by atoms with Gasteiger partial charge in [0.2, 0.25) is 0 Å². The molecule has 10 rings (SSSR count). The van der Waals surface area contributed by atoms with Gasteiger partial charge in [0, 0.05) is 21.5 Å². The number of halogens is 6. The van der Waals surface area contributed by atoms with Gasteiger partial charge in [-0.2, -0.15) is 31.6 Å². The quantitative estimate of drug-likeness (QED) is 0.160. The minimum atomic E-state index is -5.15. The summed E-state index contributed by atoms with van der Waals surface area (Å²) in [6, 6.07) is 53.8. The minimum Gasteiger partial charge on any atom is -0.308 e. The second kappa shape index (κ2) is 13.8. The first kappa shape index (κ1) is 36.7. The Hall–Kier alpha value is -7.57. The SMILES string of the molecule is N#Cc1c(-n2c3ccccc3c3cc(-c4ccccc4)ccc32)cc(-c2ccc(C(F)(F)F)cc2C(F)(F)F)cc1-n1c2ccccc2c2cc(-c3ccccc3)ccc21. The molecule has 0 saturated heterocycles. The van der Waals surface area contributed by atoms with Crippen molar-refractivity contribution in [1.29, 1.82) is 5.26 Å². The lowest BCUT2D eigenvalue weighted by Crippen LogP contribution is -2.12. The monoisotopic (exact) mass is 797 g/mol. The van der Waals surface area contributed by atoms with Gasteiger partial charge >= 0.3 is 12.4 Å². The van der Waals surface area contributed by atoms with Crippen molar-refractivity contribution in [3.63, 3.8) is 0 Å². The fourth-order valence-electron chi connectivity index (χ4n) is 8.53. The molecule has 0 radical (unpaired) electrons. The second-order valence-corrected chi connectivity index (χ2v) is 14.7. The van der Waals surface area contributed by atoms with Crippen LogP contribution in [0.3, 0.4) is 0 Å². The highest BCUT2D eigenvalue weighted by Gasteiger charge is 2.39. The predicted octanol–water partition coefficient (Wildman–Crippen LogP) is 14.8. The third-order valence-electron chi connectivity index (χ3n) is 11.2. The Morgan fingerprint density at radius 2 is 0.833 bits per heavy atom. The summed E-state index contributed by atoms with van der Waals surface area (Å²) in [5.41, 5.74) is 3.99. The van der Waals surface area contributed by atoms with E-state index >= 15 is 0 Å². The third kappa shape index (κ3) is 5.99. The van der Waals surface area contributed by atoms with Crippen LogP contribution < -0.4 is 0 Å². The van der Waals surface area contributed by atoms with E-state index in [4.69, 9.17) is 0 Å². The van der Waals surface area contributed by atoms with Crippen molar-refractivity contribution in [3.05, 3.63) is 193 Å². The van der Waals surface area contributed by atoms with Crippen molar-refractivity contribution in [1.82, 2.24) is 9.13 Å². The van der Waals surface area contributed by atoms with Crippen LogP contribution >= 0.6 is 0 Å². The summed E-state index contributed by atoms with van der Waals surface area (Å²) in [5.74, 6) is 0. The highest BCUT2D eigenvalue weighted by molar-refractivity contribution is 6.12. The van der Waals surface area contributed by atoms with E-state index in [0.29, 0.717) is 28.1 Å². The number of rotatable bonds is 5. The first-order chi connectivity index (χ1) is 29.0. The standard InChI is InChI=1S/C51H29F6N3/c52-50(53,54)36-21-22-37(43(29-36)51(55,56)57)35-27-48(59-44-17-9-7-15-38(44)40-25-33(19-23-46(40)59)31-11-3-1-4-12-31)42(30-58)49(28-35)60-45-18-10-8-16-39(45)41-26-34(20-24-47(41)60)32-13-5-2-6-14-32/h1-29H. The Morgan fingerprint density at radius 3 is 1.28 bits per heavy atom. The van der Waals surface area contributed by atoms with E-state index in [-0.39, 0.29) is 28.6 Å². The maximum absolute atomic E-state index is 15.0. The van der Waals surface area contributed by atoms with E-state index < -0.39 is 29.0 Å². The Bertz CT molecular complexity index is 3170. The third-order valence-corrected chi connectivity index (χ3v) is 11.2. The molecule has 60 heavy (non-hydrogen) atoms. The molecule has 10 aromatic rings. The summed E-state index contributed by atoms with van der Waals surface area (Å²) in [5, 5.41) is 14.6. The van der Waals surface area contributed by atoms with Crippen molar-refractivity contribution in [2.45, 2.75) is 12.4 Å². The van der Waals surface area contributed by atoms with Gasteiger partial charge < -0.3 is 9.13 Å². The molecule has 0 amide bonds. The normalized spacial score (nSPS) is 12.2. The summed E-state index contributed by atoms with van der Waals surface area (Å²) >= 11 is 0. The van der Waals surface area contributed by atoms with Crippen molar-refractivity contribution in [2.24, 2.45) is 0 Å². The molecule has 0 aliphatic carbocycles. The van der Waals surface area contributed by atoms with Gasteiger partial charge in [0.25, 0.3) is 0 Å². The molecule has 2 aromatic heterocycles. The highest BCUT2D eigenvalue weighted by atomic mass is 19.4. The molecule has 3 nitrogen and oxygen atoms in total. The highest BCUT2D eigenvalue weighted by Crippen LogP contribution is 2.45. The van der Waals surface area contributed by atoms with Crippen molar-refractivity contribution < 1.29 is 26.3 Å². The number of alkyl halides is 6. The molecule has 0 bridgehead atoms. The molecule has 0 spiro atoms. The van der Waals surface area contributed by atoms with Gasteiger partial charge in [-0.15, -0.1) is 0 Å². The lowest BCUT2D eigenvalue weighted by molar-refractivity contribution is -0.142. The molecule has 0 atom stereocenters. The van der Waals surface area contributed by atoms with Crippen molar-refractivity contribution >= 4 is 43.6 Å². The van der Waals surface area contributed by atoms with Gasteiger partial charge in [0.1, 0.15) is 11.6 Å². The zero-order valence-corrected chi connectivity index (χ0v) is 31.4. The number of para-hydroxylation sites is 2. The largest absolute Gasteiger partial charge is 0.417 e. The smallest absolute Gasteiger partial charge is 0.308 e. The van der Waals surface area contributed by atoms with Gasteiger partial charge in [0.15, 0.2) is 0 Å². The number of nitriles is 1. The molecular formula is C51H29F6N3. The zero-order valence-electron chi connectivity index (χ0n) is 31.4. The Balaban J connectivity index is 1.33. The summed E-state index contributed by atoms with van der Waals surface area (Å²) in [6.07, 6.45) is -10.2. The summed E-state index contributed by atoms with van der Waals surface area (Å²) < 4.78 is 90.4. The van der Waals surface area contributed by atoms with Crippen LogP contribution in [-0.4, -0.2) is 9.13 Å². The molecule has 2 heterocycles. The Morgan fingerprint density at radius 1 is 0.383 bits per heavy atom. The minimum absolute atomic E-state index is 0.0151. The van der Waals surface area contributed by atoms with Crippen LogP contribution in [0.2, 0.25) is 0 Å². The zero-order chi connectivity index (χ0) is 41.3. The molecule has 0 aliphatic heterocycles. The number of benzene rings is 8. The van der Waals surface area contributed by atoms with E-state index in [1.807, 2.05) is 143 Å². The molecule has 290 valence electrons. The van der Waals surface area contributed by atoms with Crippen molar-refractivity contribution in [2.75, 3.05) is 0 Å². The number of fused-ring (bicyclic) bond motifs is 6. The fourth-order valence-corrected chi connectivity index (χ4v) is 8.53. The van der Waals surface area contributed by atoms with Gasteiger partial charge in [-0.25, -0.2) is 0 Å². The molecular weight excluding hydrogens is 769 g/mol. The average molecular weight is 798 g/mol. The molecule has 0 aliphatic rings. The summed E-state index contributed by atoms with van der Waals surface area (Å²) in [6.45, 7) is 0. The topological polar surface area (TPSA) is 33.6 Å². The van der Waals surface area contributed by atoms with Crippen LogP contribution in [0.4, 0.5) is 26.3 Å². The molecule has 0 saturated carbocycles. The fraction of sp³-hybridized carbons (Fsp3) is 0.0392. The predicted molar refractivity (Wildman–Crippen MR) is 226 cm³/mol. The van der Waals surface area contributed by atoms with Crippen LogP contribution in [0.25, 0.3) is 88.4 Å². The van der Waals surface area contributed by atoms with Crippen LogP contribution in [0, 0.1) is 11.3 Å². The summed E-state index contributed by atoms with van der Waals surface area (Å²) in [7, 11) is 0. The number of hydrogen-bond acceptors (Lipinski definition) is 1. The van der Waals surface area contributed by atoms with E-state index in [2.05, 4.69) is 18.2 Å². The molecule has 0 N–H and O–H groups in total. The molecule has 0 fully saturated rings. The first-order valence-electron chi connectivity index (χ1n) is 19.0. The molecule has 0 unspecified atom stereocenters. The number of hydrogen-bond donors (Lipinski definition) is 0. The van der Waals surface area contributed by atoms with Gasteiger partial charge in [-0.3, -0.25) is 0 Å². The van der Waals surface area contributed by atoms with Crippen LogP contribution in [0.1, 0.15) is 16.7 Å². The maximum atomic E-state index is 15.0. The first-order valence-corrected chi connectivity index (χ1v) is 19.0. The van der Waals surface area contributed by atoms with Crippen molar-refractivity contribution in [3.8, 4) is 50.8 Å². The van der Waals surface area contributed by atoms with E-state index in [1.165, 1.54) is 12.1 Å². The molecule has 9 heteroatoms. The lowest BCUT2D eigenvalue weighted by atomic mass is 9.94.